The van der Waals surface area contributed by atoms with E-state index in [-0.39, 0.29) is 17.7 Å². The zero-order valence-electron chi connectivity index (χ0n) is 14.2. The average molecular weight is 361 g/mol. The van der Waals surface area contributed by atoms with E-state index in [9.17, 15) is 9.59 Å². The minimum atomic E-state index is -0.359. The number of ether oxygens (including phenoxy) is 1. The average Bonchev–Trinajstić information content (AvgIpc) is 2.65. The number of hydrogen-bond donors (Lipinski definition) is 2. The quantitative estimate of drug-likeness (QED) is 0.771. The van der Waals surface area contributed by atoms with Crippen molar-refractivity contribution in [2.75, 3.05) is 0 Å². The molecule has 0 aromatic heterocycles. The van der Waals surface area contributed by atoms with Crippen molar-refractivity contribution in [3.8, 4) is 5.75 Å². The van der Waals surface area contributed by atoms with Gasteiger partial charge in [-0.3, -0.25) is 20.4 Å². The third-order valence-corrected chi connectivity index (χ3v) is 4.05. The van der Waals surface area contributed by atoms with Crippen LogP contribution in [0.1, 0.15) is 36.2 Å². The summed E-state index contributed by atoms with van der Waals surface area (Å²) in [4.78, 5) is 23.7. The smallest absolute Gasteiger partial charge is 0.269 e. The summed E-state index contributed by atoms with van der Waals surface area (Å²) in [6, 6.07) is 14.1. The Morgan fingerprint density at radius 2 is 1.68 bits per heavy atom. The minimum absolute atomic E-state index is 0.146. The van der Waals surface area contributed by atoms with Crippen LogP contribution in [0.25, 0.3) is 0 Å². The van der Waals surface area contributed by atoms with Gasteiger partial charge < -0.3 is 4.74 Å². The maximum absolute atomic E-state index is 12.0. The first-order valence-corrected chi connectivity index (χ1v) is 8.45. The number of nitrogens with one attached hydrogen (secondary N) is 2. The van der Waals surface area contributed by atoms with E-state index in [0.717, 1.165) is 11.3 Å². The van der Waals surface area contributed by atoms with Crippen LogP contribution in [0.5, 0.6) is 5.75 Å². The molecule has 0 radical (unpaired) electrons. The van der Waals surface area contributed by atoms with E-state index in [0.29, 0.717) is 23.6 Å². The summed E-state index contributed by atoms with van der Waals surface area (Å²) in [5.41, 5.74) is 6.22. The molecule has 2 aromatic rings. The van der Waals surface area contributed by atoms with Crippen molar-refractivity contribution < 1.29 is 14.3 Å². The highest BCUT2D eigenvalue weighted by atomic mass is 35.5. The molecule has 0 bridgehead atoms. The molecule has 132 valence electrons. The number of rotatable bonds is 6. The van der Waals surface area contributed by atoms with E-state index in [1.807, 2.05) is 6.92 Å². The van der Waals surface area contributed by atoms with Crippen molar-refractivity contribution in [2.24, 2.45) is 5.92 Å². The highest BCUT2D eigenvalue weighted by Crippen LogP contribution is 2.17. The van der Waals surface area contributed by atoms with Gasteiger partial charge in [-0.05, 0) is 48.4 Å². The van der Waals surface area contributed by atoms with Gasteiger partial charge in [-0.2, -0.15) is 0 Å². The highest BCUT2D eigenvalue weighted by Gasteiger charge is 2.12. The lowest BCUT2D eigenvalue weighted by molar-refractivity contribution is -0.125. The number of carbonyl (C=O) groups is 2. The number of hydrogen-bond acceptors (Lipinski definition) is 3. The Morgan fingerprint density at radius 1 is 1.04 bits per heavy atom. The summed E-state index contributed by atoms with van der Waals surface area (Å²) in [5.74, 6) is 0.0114. The molecule has 0 spiro atoms. The van der Waals surface area contributed by atoms with E-state index < -0.39 is 0 Å². The Balaban J connectivity index is 1.85. The minimum Gasteiger partial charge on any atom is -0.489 e. The van der Waals surface area contributed by atoms with Gasteiger partial charge in [0, 0.05) is 16.5 Å². The van der Waals surface area contributed by atoms with Crippen LogP contribution in [-0.4, -0.2) is 11.8 Å². The highest BCUT2D eigenvalue weighted by molar-refractivity contribution is 6.30. The van der Waals surface area contributed by atoms with Crippen molar-refractivity contribution >= 4 is 23.4 Å². The standard InChI is InChI=1S/C19H21ClN2O3/c1-3-13(2)18(23)21-22-19(24)15-6-4-14(5-7-15)12-25-17-10-8-16(20)9-11-17/h4-11,13H,3,12H2,1-2H3,(H,21,23)(H,22,24)/t13-/m1/s1. The maximum Gasteiger partial charge on any atom is 0.269 e. The lowest BCUT2D eigenvalue weighted by Gasteiger charge is -2.11. The van der Waals surface area contributed by atoms with Crippen molar-refractivity contribution in [1.29, 1.82) is 0 Å². The van der Waals surface area contributed by atoms with Crippen LogP contribution >= 0.6 is 11.6 Å². The Morgan fingerprint density at radius 3 is 2.28 bits per heavy atom. The molecule has 0 saturated carbocycles. The van der Waals surface area contributed by atoms with Crippen molar-refractivity contribution in [2.45, 2.75) is 26.9 Å². The molecule has 2 aromatic carbocycles. The van der Waals surface area contributed by atoms with Gasteiger partial charge in [0.1, 0.15) is 12.4 Å². The molecule has 2 N–H and O–H groups in total. The lowest BCUT2D eigenvalue weighted by Crippen LogP contribution is -2.43. The fraction of sp³-hybridized carbons (Fsp3) is 0.263. The van der Waals surface area contributed by atoms with Crippen LogP contribution in [0.4, 0.5) is 0 Å². The van der Waals surface area contributed by atoms with Crippen LogP contribution in [0, 0.1) is 5.92 Å². The van der Waals surface area contributed by atoms with Crippen LogP contribution in [0.3, 0.4) is 0 Å². The lowest BCUT2D eigenvalue weighted by atomic mass is 10.1. The predicted molar refractivity (Wildman–Crippen MR) is 97.3 cm³/mol. The molecule has 1 atom stereocenters. The molecule has 0 unspecified atom stereocenters. The molecule has 0 fully saturated rings. The van der Waals surface area contributed by atoms with Gasteiger partial charge >= 0.3 is 0 Å². The van der Waals surface area contributed by atoms with Gasteiger partial charge in [0.25, 0.3) is 5.91 Å². The number of carbonyl (C=O) groups excluding carboxylic acids is 2. The first kappa shape index (κ1) is 18.8. The topological polar surface area (TPSA) is 67.4 Å². The molecule has 0 heterocycles. The van der Waals surface area contributed by atoms with Gasteiger partial charge in [-0.25, -0.2) is 0 Å². The molecule has 25 heavy (non-hydrogen) atoms. The molecule has 5 nitrogen and oxygen atoms in total. The summed E-state index contributed by atoms with van der Waals surface area (Å²) < 4.78 is 5.65. The second-order valence-corrected chi connectivity index (χ2v) is 6.13. The van der Waals surface area contributed by atoms with Crippen LogP contribution in [-0.2, 0) is 11.4 Å². The molecule has 2 amide bonds. The normalized spacial score (nSPS) is 11.5. The number of halogens is 1. The van der Waals surface area contributed by atoms with Crippen LogP contribution < -0.4 is 15.6 Å². The van der Waals surface area contributed by atoms with E-state index >= 15 is 0 Å². The number of hydrazine groups is 1. The van der Waals surface area contributed by atoms with Gasteiger partial charge in [0.15, 0.2) is 0 Å². The van der Waals surface area contributed by atoms with E-state index in [1.54, 1.807) is 55.5 Å². The fourth-order valence-corrected chi connectivity index (χ4v) is 2.07. The summed E-state index contributed by atoms with van der Waals surface area (Å²) in [6.07, 6.45) is 0.712. The van der Waals surface area contributed by atoms with E-state index in [4.69, 9.17) is 16.3 Å². The molecular formula is C19H21ClN2O3. The van der Waals surface area contributed by atoms with Gasteiger partial charge in [-0.15, -0.1) is 0 Å². The summed E-state index contributed by atoms with van der Waals surface area (Å²) in [6.45, 7) is 4.10. The molecule has 0 saturated heterocycles. The Kier molecular flexibility index (Phi) is 6.83. The van der Waals surface area contributed by atoms with E-state index in [2.05, 4.69) is 10.9 Å². The summed E-state index contributed by atoms with van der Waals surface area (Å²) in [7, 11) is 0. The zero-order valence-corrected chi connectivity index (χ0v) is 15.0. The Labute approximate surface area is 152 Å². The molecule has 0 aliphatic heterocycles. The van der Waals surface area contributed by atoms with Gasteiger partial charge in [0.2, 0.25) is 5.91 Å². The maximum atomic E-state index is 12.0. The third-order valence-electron chi connectivity index (χ3n) is 3.79. The van der Waals surface area contributed by atoms with Crippen molar-refractivity contribution in [3.05, 3.63) is 64.7 Å². The molecular weight excluding hydrogens is 340 g/mol. The SMILES string of the molecule is CC[C@@H](C)C(=O)NNC(=O)c1ccc(COc2ccc(Cl)cc2)cc1. The summed E-state index contributed by atoms with van der Waals surface area (Å²) in [5, 5.41) is 0.656. The van der Waals surface area contributed by atoms with Gasteiger partial charge in [-0.1, -0.05) is 37.6 Å². The van der Waals surface area contributed by atoms with Gasteiger partial charge in [0.05, 0.1) is 0 Å². The Bertz CT molecular complexity index is 714. The number of benzene rings is 2. The second-order valence-electron chi connectivity index (χ2n) is 5.69. The van der Waals surface area contributed by atoms with Crippen molar-refractivity contribution in [1.82, 2.24) is 10.9 Å². The molecule has 2 rings (SSSR count). The first-order chi connectivity index (χ1) is 12.0. The largest absolute Gasteiger partial charge is 0.489 e. The first-order valence-electron chi connectivity index (χ1n) is 8.07. The monoisotopic (exact) mass is 360 g/mol. The van der Waals surface area contributed by atoms with Crippen LogP contribution in [0.2, 0.25) is 5.02 Å². The fourth-order valence-electron chi connectivity index (χ4n) is 1.95. The van der Waals surface area contributed by atoms with Crippen molar-refractivity contribution in [3.63, 3.8) is 0 Å². The Hall–Kier alpha value is -2.53. The molecule has 6 heteroatoms. The summed E-state index contributed by atoms with van der Waals surface area (Å²) >= 11 is 5.83. The molecule has 0 aliphatic carbocycles. The third kappa shape index (κ3) is 5.80. The second kappa shape index (κ2) is 9.08. The molecule has 0 aliphatic rings. The number of amides is 2. The van der Waals surface area contributed by atoms with Crippen LogP contribution in [0.15, 0.2) is 48.5 Å². The zero-order chi connectivity index (χ0) is 18.2. The van der Waals surface area contributed by atoms with E-state index in [1.165, 1.54) is 0 Å². The predicted octanol–water partition coefficient (Wildman–Crippen LogP) is 3.73.